The normalized spacial score (nSPS) is 12.8. The second-order valence-corrected chi connectivity index (χ2v) is 6.47. The molecule has 2 nitrogen and oxygen atoms in total. The molecule has 0 atom stereocenters. The van der Waals surface area contributed by atoms with Crippen molar-refractivity contribution in [2.45, 2.75) is 33.9 Å². The van der Waals surface area contributed by atoms with E-state index in [0.717, 1.165) is 12.6 Å². The Labute approximate surface area is 124 Å². The maximum Gasteiger partial charge on any atom is 0.419 e. The summed E-state index contributed by atoms with van der Waals surface area (Å²) in [6.45, 7) is 9.95. The van der Waals surface area contributed by atoms with Gasteiger partial charge in [0.25, 0.3) is 0 Å². The molecule has 0 unspecified atom stereocenters. The zero-order valence-corrected chi connectivity index (χ0v) is 13.1. The number of alkyl halides is 3. The molecule has 0 aliphatic carbocycles. The van der Waals surface area contributed by atoms with E-state index >= 15 is 0 Å². The topological polar surface area (TPSA) is 21.3 Å². The highest BCUT2D eigenvalue weighted by molar-refractivity contribution is 5.35. The van der Waals surface area contributed by atoms with E-state index in [2.05, 4.69) is 19.2 Å². The Balaban J connectivity index is 2.62. The standard InChI is InChI=1S/C16H24F3NO/c1-12(2)9-20-10-15(3,4)11-21-14-8-6-5-7-13(14)16(17,18)19/h5-8,12,20H,9-11H2,1-4H3. The van der Waals surface area contributed by atoms with Crippen molar-refractivity contribution in [2.24, 2.45) is 11.3 Å². The molecule has 0 saturated carbocycles. The summed E-state index contributed by atoms with van der Waals surface area (Å²) in [6, 6.07) is 5.32. The van der Waals surface area contributed by atoms with Gasteiger partial charge in [0.05, 0.1) is 12.2 Å². The van der Waals surface area contributed by atoms with Gasteiger partial charge in [-0.3, -0.25) is 0 Å². The summed E-state index contributed by atoms with van der Waals surface area (Å²) in [5.41, 5.74) is -0.968. The van der Waals surface area contributed by atoms with Gasteiger partial charge in [-0.25, -0.2) is 0 Å². The average Bonchev–Trinajstić information content (AvgIpc) is 2.35. The molecule has 0 heterocycles. The Kier molecular flexibility index (Phi) is 6.08. The highest BCUT2D eigenvalue weighted by Gasteiger charge is 2.34. The SMILES string of the molecule is CC(C)CNCC(C)(C)COc1ccccc1C(F)(F)F. The molecule has 0 amide bonds. The summed E-state index contributed by atoms with van der Waals surface area (Å²) in [4.78, 5) is 0. The summed E-state index contributed by atoms with van der Waals surface area (Å²) in [6.07, 6.45) is -4.39. The van der Waals surface area contributed by atoms with E-state index in [1.54, 1.807) is 6.07 Å². The van der Waals surface area contributed by atoms with Crippen LogP contribution in [0.1, 0.15) is 33.3 Å². The van der Waals surface area contributed by atoms with Crippen LogP contribution in [0, 0.1) is 11.3 Å². The largest absolute Gasteiger partial charge is 0.492 e. The van der Waals surface area contributed by atoms with Gasteiger partial charge in [0.15, 0.2) is 0 Å². The monoisotopic (exact) mass is 303 g/mol. The highest BCUT2D eigenvalue weighted by atomic mass is 19.4. The van der Waals surface area contributed by atoms with Crippen molar-refractivity contribution in [1.29, 1.82) is 0 Å². The first kappa shape index (κ1) is 17.8. The number of benzene rings is 1. The lowest BCUT2D eigenvalue weighted by Crippen LogP contribution is -2.36. The van der Waals surface area contributed by atoms with Gasteiger partial charge < -0.3 is 10.1 Å². The van der Waals surface area contributed by atoms with Crippen LogP contribution in [0.2, 0.25) is 0 Å². The summed E-state index contributed by atoms with van der Waals surface area (Å²) in [5.74, 6) is 0.426. The predicted octanol–water partition coefficient (Wildman–Crippen LogP) is 4.36. The van der Waals surface area contributed by atoms with Crippen molar-refractivity contribution >= 4 is 0 Å². The maximum atomic E-state index is 12.9. The molecule has 5 heteroatoms. The third-order valence-corrected chi connectivity index (χ3v) is 2.97. The van der Waals surface area contributed by atoms with Gasteiger partial charge in [0.2, 0.25) is 0 Å². The molecule has 0 fully saturated rings. The van der Waals surface area contributed by atoms with E-state index in [1.165, 1.54) is 12.1 Å². The number of nitrogens with one attached hydrogen (secondary N) is 1. The molecular formula is C16H24F3NO. The van der Waals surface area contributed by atoms with Crippen LogP contribution in [0.4, 0.5) is 13.2 Å². The van der Waals surface area contributed by atoms with Crippen molar-refractivity contribution in [2.75, 3.05) is 19.7 Å². The Bertz CT molecular complexity index is 441. The van der Waals surface area contributed by atoms with Gasteiger partial charge in [-0.1, -0.05) is 39.8 Å². The van der Waals surface area contributed by atoms with E-state index in [-0.39, 0.29) is 17.8 Å². The van der Waals surface area contributed by atoms with Gasteiger partial charge in [-0.2, -0.15) is 13.2 Å². The first-order valence-electron chi connectivity index (χ1n) is 7.11. The fourth-order valence-corrected chi connectivity index (χ4v) is 1.85. The average molecular weight is 303 g/mol. The van der Waals surface area contributed by atoms with Crippen molar-refractivity contribution in [3.8, 4) is 5.75 Å². The minimum atomic E-state index is -4.39. The summed E-state index contributed by atoms with van der Waals surface area (Å²) < 4.78 is 44.0. The molecule has 0 aliphatic rings. The van der Waals surface area contributed by atoms with E-state index < -0.39 is 11.7 Å². The number of halogens is 3. The van der Waals surface area contributed by atoms with Gasteiger partial charge in [0, 0.05) is 12.0 Å². The third kappa shape index (κ3) is 6.38. The van der Waals surface area contributed by atoms with Crippen LogP contribution in [-0.4, -0.2) is 19.7 Å². The van der Waals surface area contributed by atoms with E-state index in [4.69, 9.17) is 4.74 Å². The van der Waals surface area contributed by atoms with Crippen LogP contribution in [0.5, 0.6) is 5.75 Å². The molecule has 1 N–H and O–H groups in total. The molecule has 120 valence electrons. The second-order valence-electron chi connectivity index (χ2n) is 6.47. The maximum absolute atomic E-state index is 12.9. The minimum absolute atomic E-state index is 0.109. The smallest absolute Gasteiger partial charge is 0.419 e. The summed E-state index contributed by atoms with van der Waals surface area (Å²) >= 11 is 0. The Morgan fingerprint density at radius 2 is 1.76 bits per heavy atom. The fourth-order valence-electron chi connectivity index (χ4n) is 1.85. The molecule has 1 aromatic rings. The molecule has 0 saturated heterocycles. The van der Waals surface area contributed by atoms with E-state index in [0.29, 0.717) is 12.5 Å². The first-order chi connectivity index (χ1) is 9.62. The number of hydrogen-bond donors (Lipinski definition) is 1. The third-order valence-electron chi connectivity index (χ3n) is 2.97. The van der Waals surface area contributed by atoms with Gasteiger partial charge >= 0.3 is 6.18 Å². The van der Waals surface area contributed by atoms with Gasteiger partial charge in [0.1, 0.15) is 5.75 Å². The summed E-state index contributed by atoms with van der Waals surface area (Å²) in [7, 11) is 0. The Hall–Kier alpha value is -1.23. The lowest BCUT2D eigenvalue weighted by Gasteiger charge is -2.26. The molecule has 1 aromatic carbocycles. The lowest BCUT2D eigenvalue weighted by molar-refractivity contribution is -0.139. The van der Waals surface area contributed by atoms with Crippen LogP contribution >= 0.6 is 0 Å². The number of ether oxygens (including phenoxy) is 1. The molecular weight excluding hydrogens is 279 g/mol. The molecule has 0 bridgehead atoms. The molecule has 0 aromatic heterocycles. The van der Waals surface area contributed by atoms with Crippen molar-refractivity contribution < 1.29 is 17.9 Å². The molecule has 0 spiro atoms. The second kappa shape index (κ2) is 7.16. The number of hydrogen-bond acceptors (Lipinski definition) is 2. The fraction of sp³-hybridized carbons (Fsp3) is 0.625. The number of rotatable bonds is 7. The number of para-hydroxylation sites is 1. The quantitative estimate of drug-likeness (QED) is 0.808. The van der Waals surface area contributed by atoms with Crippen molar-refractivity contribution in [1.82, 2.24) is 5.32 Å². The van der Waals surface area contributed by atoms with Crippen LogP contribution in [-0.2, 0) is 6.18 Å². The minimum Gasteiger partial charge on any atom is -0.492 e. The predicted molar refractivity (Wildman–Crippen MR) is 78.4 cm³/mol. The lowest BCUT2D eigenvalue weighted by atomic mass is 9.94. The van der Waals surface area contributed by atoms with Crippen LogP contribution in [0.15, 0.2) is 24.3 Å². The van der Waals surface area contributed by atoms with E-state index in [1.807, 2.05) is 13.8 Å². The molecule has 21 heavy (non-hydrogen) atoms. The highest BCUT2D eigenvalue weighted by Crippen LogP contribution is 2.36. The Morgan fingerprint density at radius 1 is 1.14 bits per heavy atom. The Morgan fingerprint density at radius 3 is 2.33 bits per heavy atom. The zero-order valence-electron chi connectivity index (χ0n) is 13.1. The zero-order chi connectivity index (χ0) is 16.1. The van der Waals surface area contributed by atoms with Crippen LogP contribution in [0.3, 0.4) is 0 Å². The van der Waals surface area contributed by atoms with Crippen LogP contribution in [0.25, 0.3) is 0 Å². The van der Waals surface area contributed by atoms with Gasteiger partial charge in [-0.05, 0) is 24.6 Å². The van der Waals surface area contributed by atoms with Crippen molar-refractivity contribution in [3.63, 3.8) is 0 Å². The van der Waals surface area contributed by atoms with Crippen LogP contribution < -0.4 is 10.1 Å². The van der Waals surface area contributed by atoms with E-state index in [9.17, 15) is 13.2 Å². The summed E-state index contributed by atoms with van der Waals surface area (Å²) in [5, 5.41) is 3.30. The molecule has 0 aliphatic heterocycles. The molecule has 0 radical (unpaired) electrons. The molecule has 1 rings (SSSR count). The van der Waals surface area contributed by atoms with Crippen molar-refractivity contribution in [3.05, 3.63) is 29.8 Å². The first-order valence-corrected chi connectivity index (χ1v) is 7.11. The van der Waals surface area contributed by atoms with Gasteiger partial charge in [-0.15, -0.1) is 0 Å².